The Labute approximate surface area is 155 Å². The number of carboxylic acid groups (broad SMARTS) is 1. The van der Waals surface area contributed by atoms with Crippen LogP contribution >= 0.6 is 27.5 Å². The topological polar surface area (TPSA) is 89.6 Å². The minimum atomic E-state index is -1.26. The van der Waals surface area contributed by atoms with Crippen LogP contribution in [0, 0.1) is 0 Å². The van der Waals surface area contributed by atoms with Gasteiger partial charge in [0.15, 0.2) is 5.76 Å². The first-order valence-corrected chi connectivity index (χ1v) is 8.10. The van der Waals surface area contributed by atoms with Crippen molar-refractivity contribution in [2.45, 2.75) is 0 Å². The average Bonchev–Trinajstić information content (AvgIpc) is 2.99. The summed E-state index contributed by atoms with van der Waals surface area (Å²) >= 11 is 9.15. The van der Waals surface area contributed by atoms with E-state index in [1.807, 2.05) is 0 Å². The lowest BCUT2D eigenvalue weighted by atomic mass is 10.1. The van der Waals surface area contributed by atoms with Crippen molar-refractivity contribution in [3.8, 4) is 17.1 Å². The van der Waals surface area contributed by atoms with Crippen LogP contribution in [0.25, 0.3) is 11.3 Å². The summed E-state index contributed by atoms with van der Waals surface area (Å²) in [7, 11) is 0. The van der Waals surface area contributed by atoms with Gasteiger partial charge in [0.25, 0.3) is 0 Å². The predicted molar refractivity (Wildman–Crippen MR) is 93.0 cm³/mol. The number of rotatable bonds is 4. The van der Waals surface area contributed by atoms with Crippen molar-refractivity contribution < 1.29 is 24.0 Å². The summed E-state index contributed by atoms with van der Waals surface area (Å²) in [5, 5.41) is 12.9. The number of esters is 1. The lowest BCUT2D eigenvalue weighted by Crippen LogP contribution is -2.08. The van der Waals surface area contributed by atoms with Gasteiger partial charge in [0.1, 0.15) is 10.2 Å². The number of aromatic nitrogens is 1. The lowest BCUT2D eigenvalue weighted by molar-refractivity contribution is 0.0683. The van der Waals surface area contributed by atoms with Gasteiger partial charge in [-0.3, -0.25) is 0 Å². The molecule has 0 bridgehead atoms. The maximum Gasteiger partial charge on any atom is 0.359 e. The molecule has 1 N–H and O–H groups in total. The molecule has 1 aromatic heterocycles. The van der Waals surface area contributed by atoms with E-state index in [1.54, 1.807) is 36.4 Å². The predicted octanol–water partition coefficient (Wildman–Crippen LogP) is 4.67. The third-order valence-corrected chi connectivity index (χ3v) is 4.21. The minimum Gasteiger partial charge on any atom is -0.476 e. The summed E-state index contributed by atoms with van der Waals surface area (Å²) in [4.78, 5) is 23.4. The Hall–Kier alpha value is -2.64. The largest absolute Gasteiger partial charge is 0.476 e. The number of carbonyl (C=O) groups excluding carboxylic acids is 1. The Morgan fingerprint density at radius 2 is 1.88 bits per heavy atom. The van der Waals surface area contributed by atoms with Crippen molar-refractivity contribution in [1.29, 1.82) is 0 Å². The normalized spacial score (nSPS) is 10.5. The molecule has 126 valence electrons. The van der Waals surface area contributed by atoms with Gasteiger partial charge in [0, 0.05) is 5.02 Å². The van der Waals surface area contributed by atoms with Gasteiger partial charge in [0.2, 0.25) is 5.69 Å². The van der Waals surface area contributed by atoms with Crippen LogP contribution in [0.3, 0.4) is 0 Å². The molecule has 0 amide bonds. The molecule has 25 heavy (non-hydrogen) atoms. The van der Waals surface area contributed by atoms with Crippen molar-refractivity contribution in [2.75, 3.05) is 0 Å². The quantitative estimate of drug-likeness (QED) is 0.485. The van der Waals surface area contributed by atoms with Crippen molar-refractivity contribution in [3.63, 3.8) is 0 Å². The fourth-order valence-electron chi connectivity index (χ4n) is 2.08. The van der Waals surface area contributed by atoms with Gasteiger partial charge in [-0.2, -0.15) is 0 Å². The van der Waals surface area contributed by atoms with Gasteiger partial charge < -0.3 is 14.4 Å². The van der Waals surface area contributed by atoms with Gasteiger partial charge in [-0.1, -0.05) is 35.0 Å². The second-order valence-corrected chi connectivity index (χ2v) is 6.10. The third-order valence-electron chi connectivity index (χ3n) is 3.24. The van der Waals surface area contributed by atoms with E-state index in [0.29, 0.717) is 16.1 Å². The highest BCUT2D eigenvalue weighted by Gasteiger charge is 2.24. The second-order valence-electron chi connectivity index (χ2n) is 4.88. The molecule has 3 aromatic rings. The highest BCUT2D eigenvalue weighted by Crippen LogP contribution is 2.38. The number of carboxylic acids is 1. The molecule has 0 unspecified atom stereocenters. The molecule has 0 atom stereocenters. The van der Waals surface area contributed by atoms with Gasteiger partial charge >= 0.3 is 11.9 Å². The van der Waals surface area contributed by atoms with Crippen molar-refractivity contribution >= 4 is 39.5 Å². The molecule has 0 saturated heterocycles. The molecule has 2 aromatic carbocycles. The SMILES string of the molecule is O=C(Oc1ccc(Cl)cc1-c1onc(C(=O)O)c1Br)c1ccccc1. The third kappa shape index (κ3) is 3.57. The van der Waals surface area contributed by atoms with Crippen LogP contribution < -0.4 is 4.74 Å². The van der Waals surface area contributed by atoms with Crippen LogP contribution in [-0.2, 0) is 0 Å². The van der Waals surface area contributed by atoms with Crippen LogP contribution in [0.2, 0.25) is 5.02 Å². The smallest absolute Gasteiger partial charge is 0.359 e. The average molecular weight is 423 g/mol. The van der Waals surface area contributed by atoms with E-state index < -0.39 is 11.9 Å². The number of halogens is 2. The molecule has 0 spiro atoms. The molecule has 3 rings (SSSR count). The van der Waals surface area contributed by atoms with E-state index in [-0.39, 0.29) is 21.7 Å². The van der Waals surface area contributed by atoms with Crippen LogP contribution in [0.4, 0.5) is 0 Å². The number of nitrogens with zero attached hydrogens (tertiary/aromatic N) is 1. The fourth-order valence-corrected chi connectivity index (χ4v) is 2.78. The Bertz CT molecular complexity index is 955. The zero-order valence-electron chi connectivity index (χ0n) is 12.4. The number of hydrogen-bond acceptors (Lipinski definition) is 5. The molecule has 0 radical (unpaired) electrons. The van der Waals surface area contributed by atoms with E-state index in [1.165, 1.54) is 12.1 Å². The monoisotopic (exact) mass is 421 g/mol. The van der Waals surface area contributed by atoms with E-state index in [4.69, 9.17) is 26.0 Å². The first-order chi connectivity index (χ1) is 12.0. The zero-order valence-corrected chi connectivity index (χ0v) is 14.7. The van der Waals surface area contributed by atoms with Crippen molar-refractivity contribution in [3.05, 3.63) is 69.3 Å². The fraction of sp³-hybridized carbons (Fsp3) is 0. The Balaban J connectivity index is 2.02. The highest BCUT2D eigenvalue weighted by molar-refractivity contribution is 9.10. The molecule has 8 heteroatoms. The van der Waals surface area contributed by atoms with Crippen LogP contribution in [0.5, 0.6) is 5.75 Å². The van der Waals surface area contributed by atoms with Gasteiger partial charge in [-0.25, -0.2) is 9.59 Å². The maximum absolute atomic E-state index is 12.3. The Morgan fingerprint density at radius 3 is 2.52 bits per heavy atom. The highest BCUT2D eigenvalue weighted by atomic mass is 79.9. The van der Waals surface area contributed by atoms with Gasteiger partial charge in [0.05, 0.1) is 11.1 Å². The molecule has 0 aliphatic rings. The summed E-state index contributed by atoms with van der Waals surface area (Å²) in [5.74, 6) is -1.58. The molecule has 0 saturated carbocycles. The van der Waals surface area contributed by atoms with E-state index in [9.17, 15) is 9.59 Å². The first-order valence-electron chi connectivity index (χ1n) is 6.93. The van der Waals surface area contributed by atoms with E-state index >= 15 is 0 Å². The summed E-state index contributed by atoms with van der Waals surface area (Å²) in [6, 6.07) is 13.0. The van der Waals surface area contributed by atoms with E-state index in [2.05, 4.69) is 21.1 Å². The maximum atomic E-state index is 12.3. The number of aromatic carboxylic acids is 1. The van der Waals surface area contributed by atoms with E-state index in [0.717, 1.165) is 0 Å². The lowest BCUT2D eigenvalue weighted by Gasteiger charge is -2.09. The Morgan fingerprint density at radius 1 is 1.16 bits per heavy atom. The van der Waals surface area contributed by atoms with Gasteiger partial charge in [-0.05, 0) is 46.3 Å². The summed E-state index contributed by atoms with van der Waals surface area (Å²) < 4.78 is 10.6. The summed E-state index contributed by atoms with van der Waals surface area (Å²) in [6.45, 7) is 0. The number of hydrogen-bond donors (Lipinski definition) is 1. The van der Waals surface area contributed by atoms with Crippen LogP contribution in [-0.4, -0.2) is 22.2 Å². The summed E-state index contributed by atoms with van der Waals surface area (Å²) in [5.41, 5.74) is 0.366. The second kappa shape index (κ2) is 7.08. The molecule has 0 aliphatic heterocycles. The molecular formula is C17H9BrClNO5. The number of carbonyl (C=O) groups is 2. The molecule has 0 fully saturated rings. The molecule has 0 aliphatic carbocycles. The first kappa shape index (κ1) is 17.2. The molecule has 1 heterocycles. The molecular weight excluding hydrogens is 414 g/mol. The molecule has 6 nitrogen and oxygen atoms in total. The van der Waals surface area contributed by atoms with Crippen LogP contribution in [0.1, 0.15) is 20.8 Å². The van der Waals surface area contributed by atoms with Crippen LogP contribution in [0.15, 0.2) is 57.5 Å². The number of benzene rings is 2. The summed E-state index contributed by atoms with van der Waals surface area (Å²) in [6.07, 6.45) is 0. The number of ether oxygens (including phenoxy) is 1. The van der Waals surface area contributed by atoms with Gasteiger partial charge in [-0.15, -0.1) is 0 Å². The standard InChI is InChI=1S/C17H9BrClNO5/c18-13-14(16(21)22)20-25-15(13)11-8-10(19)6-7-12(11)24-17(23)9-4-2-1-3-5-9/h1-8H,(H,21,22). The zero-order chi connectivity index (χ0) is 18.0. The van der Waals surface area contributed by atoms with Crippen molar-refractivity contribution in [2.24, 2.45) is 0 Å². The van der Waals surface area contributed by atoms with Crippen molar-refractivity contribution in [1.82, 2.24) is 5.16 Å². The minimum absolute atomic E-state index is 0.0933. The Kier molecular flexibility index (Phi) is 4.87.